The third-order valence-electron chi connectivity index (χ3n) is 2.86. The van der Waals surface area contributed by atoms with Crippen LogP contribution in [0.25, 0.3) is 0 Å². The van der Waals surface area contributed by atoms with Crippen LogP contribution in [0.5, 0.6) is 0 Å². The summed E-state index contributed by atoms with van der Waals surface area (Å²) in [4.78, 5) is 23.3. The van der Waals surface area contributed by atoms with Crippen molar-refractivity contribution in [2.24, 2.45) is 0 Å². The Kier molecular flexibility index (Phi) is 6.78. The van der Waals surface area contributed by atoms with E-state index in [1.54, 1.807) is 6.07 Å². The van der Waals surface area contributed by atoms with Crippen LogP contribution in [0, 0.1) is 7.14 Å². The summed E-state index contributed by atoms with van der Waals surface area (Å²) >= 11 is 15.3. The molecule has 0 spiro atoms. The maximum Gasteiger partial charge on any atom is 0.335 e. The number of anilines is 1. The SMILES string of the molecule is O=C(O)c1ccc(Cl)c(NC(=S)NC(=O)c2cc(I)ccc2I)c1. The normalized spacial score (nSPS) is 10.1. The fourth-order valence-electron chi connectivity index (χ4n) is 1.75. The Morgan fingerprint density at radius 1 is 1.12 bits per heavy atom. The molecule has 0 aromatic heterocycles. The number of hydrogen-bond donors (Lipinski definition) is 3. The lowest BCUT2D eigenvalue weighted by Gasteiger charge is -2.12. The van der Waals surface area contributed by atoms with Crippen LogP contribution < -0.4 is 10.6 Å². The molecule has 24 heavy (non-hydrogen) atoms. The molecule has 0 heterocycles. The summed E-state index contributed by atoms with van der Waals surface area (Å²) in [5.74, 6) is -1.45. The molecule has 3 N–H and O–H groups in total. The van der Waals surface area contributed by atoms with Gasteiger partial charge < -0.3 is 10.4 Å². The third-order valence-corrected chi connectivity index (χ3v) is 5.01. The molecular weight excluding hydrogens is 578 g/mol. The first kappa shape index (κ1) is 19.3. The third kappa shape index (κ3) is 5.01. The second-order valence-electron chi connectivity index (χ2n) is 4.53. The molecule has 0 saturated carbocycles. The van der Waals surface area contributed by atoms with Crippen molar-refractivity contribution >= 4 is 91.7 Å². The van der Waals surface area contributed by atoms with Gasteiger partial charge in [-0.1, -0.05) is 11.6 Å². The minimum Gasteiger partial charge on any atom is -0.478 e. The van der Waals surface area contributed by atoms with E-state index in [0.717, 1.165) is 7.14 Å². The predicted molar refractivity (Wildman–Crippen MR) is 114 cm³/mol. The summed E-state index contributed by atoms with van der Waals surface area (Å²) in [6.45, 7) is 0. The molecule has 0 aliphatic rings. The molecule has 0 unspecified atom stereocenters. The number of aromatic carboxylic acids is 1. The number of carboxylic acid groups (broad SMARTS) is 1. The lowest BCUT2D eigenvalue weighted by Crippen LogP contribution is -2.34. The summed E-state index contributed by atoms with van der Waals surface area (Å²) in [5, 5.41) is 14.6. The van der Waals surface area contributed by atoms with Crippen LogP contribution in [0.1, 0.15) is 20.7 Å². The number of carbonyl (C=O) groups excluding carboxylic acids is 1. The summed E-state index contributed by atoms with van der Waals surface area (Å²) in [6, 6.07) is 9.65. The van der Waals surface area contributed by atoms with Gasteiger partial charge in [0, 0.05) is 7.14 Å². The van der Waals surface area contributed by atoms with Crippen molar-refractivity contribution in [1.29, 1.82) is 0 Å². The number of hydrogen-bond acceptors (Lipinski definition) is 3. The smallest absolute Gasteiger partial charge is 0.335 e. The maximum absolute atomic E-state index is 12.3. The minimum atomic E-state index is -1.09. The van der Waals surface area contributed by atoms with E-state index in [4.69, 9.17) is 28.9 Å². The Labute approximate surface area is 175 Å². The van der Waals surface area contributed by atoms with E-state index in [1.165, 1.54) is 18.2 Å². The summed E-state index contributed by atoms with van der Waals surface area (Å²) < 4.78 is 1.72. The van der Waals surface area contributed by atoms with Crippen LogP contribution in [0.2, 0.25) is 5.02 Å². The molecule has 124 valence electrons. The molecule has 0 aliphatic carbocycles. The fraction of sp³-hybridized carbons (Fsp3) is 0. The largest absolute Gasteiger partial charge is 0.478 e. The topological polar surface area (TPSA) is 78.4 Å². The van der Waals surface area contributed by atoms with Crippen molar-refractivity contribution in [3.05, 3.63) is 59.7 Å². The number of benzene rings is 2. The zero-order chi connectivity index (χ0) is 17.9. The second kappa shape index (κ2) is 8.41. The number of nitrogens with one attached hydrogen (secondary N) is 2. The highest BCUT2D eigenvalue weighted by Gasteiger charge is 2.14. The van der Waals surface area contributed by atoms with Gasteiger partial charge in [-0.15, -0.1) is 0 Å². The first-order valence-corrected chi connectivity index (χ1v) is 9.32. The number of carboxylic acids is 1. The molecule has 2 rings (SSSR count). The molecule has 1 amide bonds. The Morgan fingerprint density at radius 3 is 2.50 bits per heavy atom. The van der Waals surface area contributed by atoms with Crippen molar-refractivity contribution < 1.29 is 14.7 Å². The van der Waals surface area contributed by atoms with Gasteiger partial charge in [0.2, 0.25) is 0 Å². The van der Waals surface area contributed by atoms with Crippen molar-refractivity contribution in [3.8, 4) is 0 Å². The summed E-state index contributed by atoms with van der Waals surface area (Å²) in [6.07, 6.45) is 0. The van der Waals surface area contributed by atoms with Crippen LogP contribution in [-0.2, 0) is 0 Å². The van der Waals surface area contributed by atoms with Crippen molar-refractivity contribution in [2.45, 2.75) is 0 Å². The van der Waals surface area contributed by atoms with Crippen LogP contribution in [0.3, 0.4) is 0 Å². The van der Waals surface area contributed by atoms with E-state index in [9.17, 15) is 9.59 Å². The number of carbonyl (C=O) groups is 2. The van der Waals surface area contributed by atoms with Gasteiger partial charge in [0.15, 0.2) is 5.11 Å². The zero-order valence-electron chi connectivity index (χ0n) is 11.8. The first-order valence-electron chi connectivity index (χ1n) is 6.38. The zero-order valence-corrected chi connectivity index (χ0v) is 17.7. The fourth-order valence-corrected chi connectivity index (χ4v) is 3.19. The number of thiocarbonyl (C=S) groups is 1. The van der Waals surface area contributed by atoms with E-state index < -0.39 is 5.97 Å². The predicted octanol–water partition coefficient (Wildman–Crippen LogP) is 4.37. The average molecular weight is 587 g/mol. The van der Waals surface area contributed by atoms with Gasteiger partial charge in [-0.3, -0.25) is 10.1 Å². The van der Waals surface area contributed by atoms with Crippen molar-refractivity contribution in [3.63, 3.8) is 0 Å². The summed E-state index contributed by atoms with van der Waals surface area (Å²) in [5.41, 5.74) is 0.861. The first-order chi connectivity index (χ1) is 11.3. The Bertz CT molecular complexity index is 845. The second-order valence-corrected chi connectivity index (χ2v) is 7.76. The van der Waals surface area contributed by atoms with E-state index >= 15 is 0 Å². The van der Waals surface area contributed by atoms with Crippen molar-refractivity contribution in [1.82, 2.24) is 5.32 Å². The molecular formula is C15H9ClI2N2O3S. The molecule has 0 bridgehead atoms. The highest BCUT2D eigenvalue weighted by Crippen LogP contribution is 2.23. The number of halogens is 3. The van der Waals surface area contributed by atoms with Crippen molar-refractivity contribution in [2.75, 3.05) is 5.32 Å². The van der Waals surface area contributed by atoms with Gasteiger partial charge in [0.25, 0.3) is 5.91 Å². The van der Waals surface area contributed by atoms with Crippen LogP contribution >= 0.6 is 69.0 Å². The molecule has 0 saturated heterocycles. The highest BCUT2D eigenvalue weighted by atomic mass is 127. The van der Waals surface area contributed by atoms with Gasteiger partial charge >= 0.3 is 5.97 Å². The minimum absolute atomic E-state index is 0.0269. The highest BCUT2D eigenvalue weighted by molar-refractivity contribution is 14.1. The van der Waals surface area contributed by atoms with Crippen LogP contribution in [0.15, 0.2) is 36.4 Å². The van der Waals surface area contributed by atoms with E-state index in [-0.39, 0.29) is 16.6 Å². The maximum atomic E-state index is 12.3. The molecule has 2 aromatic rings. The van der Waals surface area contributed by atoms with Gasteiger partial charge in [-0.25, -0.2) is 4.79 Å². The number of amides is 1. The molecule has 0 fully saturated rings. The van der Waals surface area contributed by atoms with E-state index in [2.05, 4.69) is 55.8 Å². The average Bonchev–Trinajstić information content (AvgIpc) is 2.51. The lowest BCUT2D eigenvalue weighted by atomic mass is 10.2. The Balaban J connectivity index is 2.13. The molecule has 0 radical (unpaired) electrons. The monoisotopic (exact) mass is 586 g/mol. The van der Waals surface area contributed by atoms with E-state index in [1.807, 2.05) is 12.1 Å². The molecule has 0 aliphatic heterocycles. The van der Waals surface area contributed by atoms with Gasteiger partial charge in [-0.05, 0) is 93.8 Å². The van der Waals surface area contributed by atoms with E-state index in [0.29, 0.717) is 16.3 Å². The van der Waals surface area contributed by atoms with Gasteiger partial charge in [0.1, 0.15) is 0 Å². The van der Waals surface area contributed by atoms with Crippen LogP contribution in [0.4, 0.5) is 5.69 Å². The van der Waals surface area contributed by atoms with Gasteiger partial charge in [-0.2, -0.15) is 0 Å². The van der Waals surface area contributed by atoms with Crippen LogP contribution in [-0.4, -0.2) is 22.1 Å². The molecule has 2 aromatic carbocycles. The quantitative estimate of drug-likeness (QED) is 0.368. The summed E-state index contributed by atoms with van der Waals surface area (Å²) in [7, 11) is 0. The molecule has 5 nitrogen and oxygen atoms in total. The molecule has 9 heteroatoms. The lowest BCUT2D eigenvalue weighted by molar-refractivity contribution is 0.0696. The van der Waals surface area contributed by atoms with Gasteiger partial charge in [0.05, 0.1) is 21.8 Å². The molecule has 0 atom stereocenters. The Hall–Kier alpha value is -0.980. The number of rotatable bonds is 3. The Morgan fingerprint density at radius 2 is 1.83 bits per heavy atom. The standard InChI is InChI=1S/C15H9ClI2N2O3S/c16-10-3-1-7(14(22)23)5-12(10)19-15(24)20-13(21)9-6-8(17)2-4-11(9)18/h1-6H,(H,22,23)(H2,19,20,21,24).